The Bertz CT molecular complexity index is 1440. The average Bonchev–Trinajstić information content (AvgIpc) is 3.29. The van der Waals surface area contributed by atoms with Crippen molar-refractivity contribution in [3.8, 4) is 11.8 Å². The van der Waals surface area contributed by atoms with Crippen LogP contribution in [0.15, 0.2) is 76.3 Å². The Morgan fingerprint density at radius 3 is 2.89 bits per heavy atom. The van der Waals surface area contributed by atoms with E-state index in [1.807, 2.05) is 6.07 Å². The van der Waals surface area contributed by atoms with Gasteiger partial charge in [-0.25, -0.2) is 4.99 Å². The van der Waals surface area contributed by atoms with E-state index in [-0.39, 0.29) is 6.23 Å². The summed E-state index contributed by atoms with van der Waals surface area (Å²) in [6.07, 6.45) is 14.0. The Hall–Kier alpha value is -3.11. The molecule has 6 heteroatoms. The molecule has 4 unspecified atom stereocenters. The van der Waals surface area contributed by atoms with Crippen molar-refractivity contribution in [2.24, 2.45) is 22.7 Å². The lowest BCUT2D eigenvalue weighted by atomic mass is 9.83. The second-order valence-electron chi connectivity index (χ2n) is 12.6. The molecule has 0 saturated carbocycles. The largest absolute Gasteiger partial charge is 0.358 e. The maximum absolute atomic E-state index is 5.54. The lowest BCUT2D eigenvalue weighted by Gasteiger charge is -2.29. The van der Waals surface area contributed by atoms with Gasteiger partial charge in [0.15, 0.2) is 0 Å². The van der Waals surface area contributed by atoms with Crippen LogP contribution in [-0.2, 0) is 11.2 Å². The van der Waals surface area contributed by atoms with Crippen LogP contribution in [0.4, 0.5) is 11.4 Å². The minimum absolute atomic E-state index is 0.246. The van der Waals surface area contributed by atoms with Crippen molar-refractivity contribution in [1.29, 1.82) is 0 Å². The van der Waals surface area contributed by atoms with Gasteiger partial charge in [0, 0.05) is 54.6 Å². The van der Waals surface area contributed by atoms with Crippen molar-refractivity contribution in [1.82, 2.24) is 4.90 Å². The molecule has 2 aromatic rings. The van der Waals surface area contributed by atoms with E-state index >= 15 is 0 Å². The predicted molar refractivity (Wildman–Crippen MR) is 188 cm³/mol. The molecule has 1 aromatic carbocycles. The molecule has 3 aliphatic rings. The van der Waals surface area contributed by atoms with Crippen molar-refractivity contribution in [2.45, 2.75) is 77.9 Å². The number of likely N-dealkylation sites (tertiary alicyclic amines) is 1. The summed E-state index contributed by atoms with van der Waals surface area (Å²) in [5.41, 5.74) is 7.54. The Kier molecular flexibility index (Phi) is 11.6. The summed E-state index contributed by atoms with van der Waals surface area (Å²) >= 11 is 1.78. The molecule has 0 amide bonds. The average molecular weight is 611 g/mol. The van der Waals surface area contributed by atoms with Gasteiger partial charge in [-0.15, -0.1) is 11.3 Å². The van der Waals surface area contributed by atoms with Gasteiger partial charge in [-0.3, -0.25) is 0 Å². The maximum Gasteiger partial charge on any atom is 0.148 e. The molecule has 1 saturated heterocycles. The zero-order valence-corrected chi connectivity index (χ0v) is 27.9. The second-order valence-corrected chi connectivity index (χ2v) is 13.5. The lowest BCUT2D eigenvalue weighted by Crippen LogP contribution is -2.32. The number of piperidine rings is 1. The number of ether oxygens (including phenoxy) is 1. The summed E-state index contributed by atoms with van der Waals surface area (Å²) < 4.78 is 5.45. The quantitative estimate of drug-likeness (QED) is 0.143. The first-order chi connectivity index (χ1) is 21.5. The Morgan fingerprint density at radius 1 is 1.25 bits per heavy atom. The van der Waals surface area contributed by atoms with Crippen molar-refractivity contribution < 1.29 is 4.74 Å². The number of methoxy groups -OCH3 is 1. The summed E-state index contributed by atoms with van der Waals surface area (Å²) in [5, 5.41) is 9.31. The van der Waals surface area contributed by atoms with E-state index in [1.165, 1.54) is 46.7 Å². The topological polar surface area (TPSA) is 48.9 Å². The zero-order chi connectivity index (χ0) is 30.9. The van der Waals surface area contributed by atoms with Gasteiger partial charge in [0.25, 0.3) is 0 Å². The number of amidine groups is 1. The predicted octanol–water partition coefficient (Wildman–Crippen LogP) is 8.89. The highest BCUT2D eigenvalue weighted by atomic mass is 32.1. The van der Waals surface area contributed by atoms with Crippen LogP contribution >= 0.6 is 11.3 Å². The van der Waals surface area contributed by atoms with Crippen LogP contribution in [0.2, 0.25) is 0 Å². The first-order valence-electron chi connectivity index (χ1n) is 16.5. The molecule has 5 rings (SSSR count). The minimum atomic E-state index is -0.246. The van der Waals surface area contributed by atoms with Gasteiger partial charge >= 0.3 is 0 Å². The highest BCUT2D eigenvalue weighted by Gasteiger charge is 2.27. The highest BCUT2D eigenvalue weighted by Crippen LogP contribution is 2.37. The summed E-state index contributed by atoms with van der Waals surface area (Å²) in [6, 6.07) is 10.6. The zero-order valence-electron chi connectivity index (χ0n) is 27.1. The number of nitrogens with zero attached hydrogens (tertiary/aromatic N) is 2. The van der Waals surface area contributed by atoms with E-state index in [9.17, 15) is 0 Å². The fraction of sp³-hybridized carbons (Fsp3) is 0.500. The number of anilines is 2. The summed E-state index contributed by atoms with van der Waals surface area (Å²) in [6.45, 7) is 10.9. The number of rotatable bonds is 12. The maximum atomic E-state index is 5.54. The molecule has 1 aromatic heterocycles. The number of hydrogen-bond acceptors (Lipinski definition) is 6. The first kappa shape index (κ1) is 32.3. The van der Waals surface area contributed by atoms with Crippen LogP contribution in [0.25, 0.3) is 0 Å². The van der Waals surface area contributed by atoms with Crippen molar-refractivity contribution >= 4 is 28.5 Å². The van der Waals surface area contributed by atoms with Crippen molar-refractivity contribution in [3.63, 3.8) is 0 Å². The molecule has 4 atom stereocenters. The molecule has 5 nitrogen and oxygen atoms in total. The fourth-order valence-corrected chi connectivity index (χ4v) is 7.77. The smallest absolute Gasteiger partial charge is 0.148 e. The van der Waals surface area contributed by atoms with Crippen LogP contribution in [0.1, 0.15) is 75.7 Å². The SMILES string of the molecule is C=CC(Nc1cccc(NC2=NC(C(CC)CC3CC#CC(C4CCCN(C)C4)=CC3)=C(CCC)Cc3ccsc32)c1)OC. The standard InChI is InChI=1S/C38H50N4OS/c1-6-12-30-24-31-20-22-44-37(31)38(40-34-17-10-16-33(25-34)39-35(8-3)43-5)41-36(30)28(7-2)23-27-13-9-14-29(19-18-27)32-15-11-21-42(4)26-32/h8,10,16-17,19-20,22,25,27-28,32,35,39H,3,6-7,11-13,15,18,21,23-24,26H2,1-2,4-5H3,(H,40,41). The monoisotopic (exact) mass is 610 g/mol. The molecule has 0 bridgehead atoms. The number of aliphatic imine (C=N–C) groups is 1. The van der Waals surface area contributed by atoms with Crippen molar-refractivity contribution in [2.75, 3.05) is 37.9 Å². The van der Waals surface area contributed by atoms with Gasteiger partial charge in [-0.05, 0) is 111 Å². The molecule has 1 aliphatic carbocycles. The third-order valence-corrected chi connectivity index (χ3v) is 10.2. The second kappa shape index (κ2) is 15.8. The van der Waals surface area contributed by atoms with Gasteiger partial charge in [-0.2, -0.15) is 0 Å². The molecular formula is C38H50N4OS. The van der Waals surface area contributed by atoms with Gasteiger partial charge in [-0.1, -0.05) is 50.8 Å². The molecule has 3 heterocycles. The molecule has 0 spiro atoms. The number of fused-ring (bicyclic) bond motifs is 1. The van der Waals surface area contributed by atoms with E-state index in [2.05, 4.69) is 90.6 Å². The Balaban J connectivity index is 1.40. The van der Waals surface area contributed by atoms with E-state index in [1.54, 1.807) is 24.5 Å². The number of nitrogens with one attached hydrogen (secondary N) is 2. The third kappa shape index (κ3) is 8.13. The van der Waals surface area contributed by atoms with Gasteiger partial charge in [0.2, 0.25) is 0 Å². The summed E-state index contributed by atoms with van der Waals surface area (Å²) in [4.78, 5) is 9.25. The first-order valence-corrected chi connectivity index (χ1v) is 17.4. The van der Waals surface area contributed by atoms with E-state index in [0.29, 0.717) is 17.8 Å². The van der Waals surface area contributed by atoms with Crippen LogP contribution in [0.3, 0.4) is 0 Å². The summed E-state index contributed by atoms with van der Waals surface area (Å²) in [7, 11) is 3.92. The van der Waals surface area contributed by atoms with E-state index in [0.717, 1.165) is 68.7 Å². The van der Waals surface area contributed by atoms with Crippen LogP contribution < -0.4 is 10.6 Å². The fourth-order valence-electron chi connectivity index (χ4n) is 6.91. The summed E-state index contributed by atoms with van der Waals surface area (Å²) in [5.74, 6) is 9.73. The molecular weight excluding hydrogens is 561 g/mol. The molecule has 2 N–H and O–H groups in total. The van der Waals surface area contributed by atoms with Gasteiger partial charge in [0.1, 0.15) is 12.1 Å². The third-order valence-electron chi connectivity index (χ3n) is 9.27. The van der Waals surface area contributed by atoms with Crippen LogP contribution in [0, 0.1) is 29.6 Å². The van der Waals surface area contributed by atoms with Gasteiger partial charge < -0.3 is 20.3 Å². The Labute approximate surface area is 269 Å². The number of benzene rings is 1. The number of allylic oxidation sites excluding steroid dienone is 3. The van der Waals surface area contributed by atoms with E-state index in [4.69, 9.17) is 9.73 Å². The molecule has 0 radical (unpaired) electrons. The van der Waals surface area contributed by atoms with Crippen LogP contribution in [-0.4, -0.2) is 44.2 Å². The highest BCUT2D eigenvalue weighted by molar-refractivity contribution is 7.12. The van der Waals surface area contributed by atoms with E-state index < -0.39 is 0 Å². The number of hydrogen-bond donors (Lipinski definition) is 2. The van der Waals surface area contributed by atoms with Crippen molar-refractivity contribution in [3.05, 3.63) is 81.7 Å². The lowest BCUT2D eigenvalue weighted by molar-refractivity contribution is 0.163. The van der Waals surface area contributed by atoms with Crippen LogP contribution in [0.5, 0.6) is 0 Å². The molecule has 234 valence electrons. The molecule has 44 heavy (non-hydrogen) atoms. The molecule has 1 fully saturated rings. The Morgan fingerprint density at radius 2 is 2.11 bits per heavy atom. The molecule has 2 aliphatic heterocycles. The number of thiophene rings is 1. The normalized spacial score (nSPS) is 21.9. The minimum Gasteiger partial charge on any atom is -0.358 e. The van der Waals surface area contributed by atoms with Gasteiger partial charge in [0.05, 0.1) is 4.88 Å².